The third-order valence-corrected chi connectivity index (χ3v) is 4.92. The van der Waals surface area contributed by atoms with Crippen molar-refractivity contribution in [3.8, 4) is 0 Å². The van der Waals surface area contributed by atoms with Gasteiger partial charge in [0.15, 0.2) is 0 Å². The molecule has 1 saturated heterocycles. The summed E-state index contributed by atoms with van der Waals surface area (Å²) in [5.41, 5.74) is -0.596. The first kappa shape index (κ1) is 18.4. The van der Waals surface area contributed by atoms with Crippen molar-refractivity contribution in [1.29, 1.82) is 0 Å². The molecule has 4 amide bonds. The summed E-state index contributed by atoms with van der Waals surface area (Å²) in [4.78, 5) is 53.1. The number of rotatable bonds is 3. The van der Waals surface area contributed by atoms with Gasteiger partial charge in [-0.3, -0.25) is 19.7 Å². The van der Waals surface area contributed by atoms with Crippen LogP contribution < -0.4 is 21.5 Å². The molecule has 3 N–H and O–H groups in total. The number of nitrogens with zero attached hydrogens (tertiary/aromatic N) is 2. The summed E-state index contributed by atoms with van der Waals surface area (Å²) >= 11 is 0. The van der Waals surface area contributed by atoms with Gasteiger partial charge in [0.2, 0.25) is 5.71 Å². The monoisotopic (exact) mass is 395 g/mol. The smallest absolute Gasteiger partial charge is 0.322 e. The van der Waals surface area contributed by atoms with E-state index in [0.29, 0.717) is 11.3 Å². The number of imide groups is 1. The summed E-state index contributed by atoms with van der Waals surface area (Å²) in [6, 6.07) is 5.94. The van der Waals surface area contributed by atoms with E-state index < -0.39 is 28.9 Å². The molecule has 1 unspecified atom stereocenters. The number of aromatic nitrogens is 2. The second-order valence-electron chi connectivity index (χ2n) is 6.94. The van der Waals surface area contributed by atoms with E-state index in [1.807, 2.05) is 0 Å². The Bertz CT molecular complexity index is 1260. The van der Waals surface area contributed by atoms with E-state index in [0.717, 1.165) is 0 Å². The highest BCUT2D eigenvalue weighted by Gasteiger charge is 2.43. The van der Waals surface area contributed by atoms with Gasteiger partial charge in [-0.25, -0.2) is 9.78 Å². The molecule has 2 aromatic heterocycles. The zero-order chi connectivity index (χ0) is 20.9. The van der Waals surface area contributed by atoms with E-state index in [-0.39, 0.29) is 22.4 Å². The molecule has 4 rings (SSSR count). The van der Waals surface area contributed by atoms with Gasteiger partial charge < -0.3 is 19.6 Å². The Hall–Kier alpha value is -3.95. The maximum Gasteiger partial charge on any atom is 0.322 e. The van der Waals surface area contributed by atoms with Gasteiger partial charge in [0.25, 0.3) is 17.4 Å². The van der Waals surface area contributed by atoms with Gasteiger partial charge >= 0.3 is 6.03 Å². The van der Waals surface area contributed by atoms with Gasteiger partial charge in [-0.2, -0.15) is 0 Å². The fourth-order valence-corrected chi connectivity index (χ4v) is 3.31. The fourth-order valence-electron chi connectivity index (χ4n) is 3.31. The Kier molecular flexibility index (Phi) is 4.00. The Morgan fingerprint density at radius 2 is 2.03 bits per heavy atom. The average Bonchev–Trinajstić information content (AvgIpc) is 3.14. The van der Waals surface area contributed by atoms with E-state index >= 15 is 0 Å². The van der Waals surface area contributed by atoms with Crippen molar-refractivity contribution in [1.82, 2.24) is 20.2 Å². The van der Waals surface area contributed by atoms with Crippen molar-refractivity contribution in [3.63, 3.8) is 0 Å². The molecular formula is C19H17N5O5. The summed E-state index contributed by atoms with van der Waals surface area (Å²) in [6.07, 6.45) is 1.32. The molecule has 0 bridgehead atoms. The Labute approximate surface area is 163 Å². The SMILES string of the molecule is Cc1oc2ncn(C)c(=O)c2c1C(=O)Nc1cccc(C2(C)NC(=O)NC2=O)c1. The predicted octanol–water partition coefficient (Wildman–Crippen LogP) is 1.14. The number of nitrogens with one attached hydrogen (secondary N) is 3. The van der Waals surface area contributed by atoms with Gasteiger partial charge in [-0.05, 0) is 31.5 Å². The zero-order valence-electron chi connectivity index (χ0n) is 15.8. The maximum absolute atomic E-state index is 12.9. The van der Waals surface area contributed by atoms with Gasteiger partial charge in [-0.15, -0.1) is 0 Å². The van der Waals surface area contributed by atoms with Crippen molar-refractivity contribution in [2.75, 3.05) is 5.32 Å². The number of anilines is 1. The van der Waals surface area contributed by atoms with E-state index in [2.05, 4.69) is 20.9 Å². The van der Waals surface area contributed by atoms with Crippen LogP contribution in [0.2, 0.25) is 0 Å². The molecule has 1 aliphatic rings. The number of carbonyl (C=O) groups excluding carboxylic acids is 3. The standard InChI is InChI=1S/C19H17N5O5/c1-9-12(13-15(29-9)20-8-24(3)16(13)26)14(25)21-11-6-4-5-10(7-11)19(2)17(27)22-18(28)23-19/h4-8H,1-3H3,(H,21,25)(H2,22,23,27,28). The molecule has 1 atom stereocenters. The highest BCUT2D eigenvalue weighted by Crippen LogP contribution is 2.27. The number of benzene rings is 1. The first-order chi connectivity index (χ1) is 13.7. The third-order valence-electron chi connectivity index (χ3n) is 4.92. The van der Waals surface area contributed by atoms with E-state index in [4.69, 9.17) is 4.42 Å². The van der Waals surface area contributed by atoms with Crippen LogP contribution in [0.1, 0.15) is 28.6 Å². The minimum Gasteiger partial charge on any atom is -0.442 e. The normalized spacial score (nSPS) is 18.6. The van der Waals surface area contributed by atoms with Crippen LogP contribution in [0.3, 0.4) is 0 Å². The summed E-state index contributed by atoms with van der Waals surface area (Å²) in [6.45, 7) is 3.14. The van der Waals surface area contributed by atoms with Crippen molar-refractivity contribution in [3.05, 3.63) is 57.8 Å². The first-order valence-corrected chi connectivity index (χ1v) is 8.71. The lowest BCUT2D eigenvalue weighted by molar-refractivity contribution is -0.123. The molecule has 0 radical (unpaired) electrons. The third kappa shape index (κ3) is 2.85. The molecule has 1 fully saturated rings. The van der Waals surface area contributed by atoms with Crippen LogP contribution >= 0.6 is 0 Å². The van der Waals surface area contributed by atoms with Gasteiger partial charge in [0.05, 0.1) is 5.56 Å². The molecule has 1 aliphatic heterocycles. The molecule has 0 saturated carbocycles. The van der Waals surface area contributed by atoms with Gasteiger partial charge in [0.1, 0.15) is 23.0 Å². The predicted molar refractivity (Wildman–Crippen MR) is 102 cm³/mol. The van der Waals surface area contributed by atoms with Crippen LogP contribution in [0.4, 0.5) is 10.5 Å². The first-order valence-electron chi connectivity index (χ1n) is 8.71. The van der Waals surface area contributed by atoms with Crippen LogP contribution in [0.5, 0.6) is 0 Å². The minimum absolute atomic E-state index is 0.0855. The van der Waals surface area contributed by atoms with E-state index in [1.54, 1.807) is 38.1 Å². The van der Waals surface area contributed by atoms with Gasteiger partial charge in [-0.1, -0.05) is 12.1 Å². The molecule has 0 aliphatic carbocycles. The molecule has 10 heteroatoms. The topological polar surface area (TPSA) is 135 Å². The molecule has 0 spiro atoms. The Morgan fingerprint density at radius 1 is 1.28 bits per heavy atom. The maximum atomic E-state index is 12.9. The molecule has 148 valence electrons. The lowest BCUT2D eigenvalue weighted by atomic mass is 9.92. The highest BCUT2D eigenvalue weighted by molar-refractivity contribution is 6.13. The average molecular weight is 395 g/mol. The summed E-state index contributed by atoms with van der Waals surface area (Å²) in [5, 5.41) is 7.57. The second-order valence-corrected chi connectivity index (χ2v) is 6.94. The summed E-state index contributed by atoms with van der Waals surface area (Å²) in [5.74, 6) is -0.773. The van der Waals surface area contributed by atoms with Crippen LogP contribution in [-0.2, 0) is 17.4 Å². The number of aryl methyl sites for hydroxylation is 2. The van der Waals surface area contributed by atoms with Crippen LogP contribution in [0.15, 0.2) is 39.8 Å². The van der Waals surface area contributed by atoms with Crippen LogP contribution in [0.25, 0.3) is 11.1 Å². The van der Waals surface area contributed by atoms with Crippen molar-refractivity contribution >= 4 is 34.6 Å². The van der Waals surface area contributed by atoms with Gasteiger partial charge in [0, 0.05) is 12.7 Å². The molecule has 1 aromatic carbocycles. The van der Waals surface area contributed by atoms with Crippen molar-refractivity contribution in [2.45, 2.75) is 19.4 Å². The number of carbonyl (C=O) groups is 3. The second kappa shape index (κ2) is 6.30. The molecule has 3 aromatic rings. The van der Waals surface area contributed by atoms with Crippen LogP contribution in [0, 0.1) is 6.92 Å². The van der Waals surface area contributed by atoms with Crippen LogP contribution in [-0.4, -0.2) is 27.4 Å². The largest absolute Gasteiger partial charge is 0.442 e. The van der Waals surface area contributed by atoms with Crippen molar-refractivity contribution < 1.29 is 18.8 Å². The van der Waals surface area contributed by atoms with E-state index in [1.165, 1.54) is 17.9 Å². The number of amides is 4. The molecule has 29 heavy (non-hydrogen) atoms. The highest BCUT2D eigenvalue weighted by atomic mass is 16.3. The zero-order valence-corrected chi connectivity index (χ0v) is 15.8. The number of hydrogen-bond acceptors (Lipinski definition) is 6. The van der Waals surface area contributed by atoms with Crippen molar-refractivity contribution in [2.24, 2.45) is 7.05 Å². The lowest BCUT2D eigenvalue weighted by Gasteiger charge is -2.21. The lowest BCUT2D eigenvalue weighted by Crippen LogP contribution is -2.40. The minimum atomic E-state index is -1.25. The molecule has 3 heterocycles. The fraction of sp³-hybridized carbons (Fsp3) is 0.211. The molecular weight excluding hydrogens is 378 g/mol. The summed E-state index contributed by atoms with van der Waals surface area (Å²) in [7, 11) is 1.53. The quantitative estimate of drug-likeness (QED) is 0.569. The number of urea groups is 1. The Morgan fingerprint density at radius 3 is 2.72 bits per heavy atom. The Balaban J connectivity index is 1.71. The number of hydrogen-bond donors (Lipinski definition) is 3. The molecule has 10 nitrogen and oxygen atoms in total. The van der Waals surface area contributed by atoms with E-state index in [9.17, 15) is 19.2 Å². The summed E-state index contributed by atoms with van der Waals surface area (Å²) < 4.78 is 6.72. The number of fused-ring (bicyclic) bond motifs is 1. The number of furan rings is 1.